The number of hydrogen-bond donors (Lipinski definition) is 1. The molecular formula is C29H29N3O3. The second-order valence-electron chi connectivity index (χ2n) is 8.85. The zero-order valence-corrected chi connectivity index (χ0v) is 20.1. The van der Waals surface area contributed by atoms with Crippen LogP contribution in [0.4, 0.5) is 17.1 Å². The Hall–Kier alpha value is -4.06. The highest BCUT2D eigenvalue weighted by atomic mass is 16.5. The van der Waals surface area contributed by atoms with Crippen molar-refractivity contribution in [3.63, 3.8) is 0 Å². The maximum Gasteiger partial charge on any atom is 0.282 e. The Kier molecular flexibility index (Phi) is 6.27. The summed E-state index contributed by atoms with van der Waals surface area (Å²) in [5.41, 5.74) is 4.82. The molecule has 1 saturated heterocycles. The van der Waals surface area contributed by atoms with Crippen LogP contribution in [0.5, 0.6) is 5.75 Å². The highest BCUT2D eigenvalue weighted by Crippen LogP contribution is 2.35. The Morgan fingerprint density at radius 3 is 2.06 bits per heavy atom. The van der Waals surface area contributed by atoms with Crippen molar-refractivity contribution in [3.8, 4) is 5.75 Å². The van der Waals surface area contributed by atoms with Crippen molar-refractivity contribution < 1.29 is 14.3 Å². The predicted molar refractivity (Wildman–Crippen MR) is 140 cm³/mol. The van der Waals surface area contributed by atoms with Crippen LogP contribution in [0.2, 0.25) is 0 Å². The average Bonchev–Trinajstić information content (AvgIpc) is 3.49. The summed E-state index contributed by atoms with van der Waals surface area (Å²) in [6.45, 7) is 6.58. The standard InChI is InChI=1S/C29H29N3O3/c1-3-35-25-16-10-22(11-17-25)30-27-26(21-8-6-20(2)7-9-21)28(33)32(29(27)34)24-14-12-23(13-15-24)31-18-4-5-19-31/h6-17,30H,3-5,18-19H2,1-2H3. The van der Waals surface area contributed by atoms with Gasteiger partial charge in [-0.3, -0.25) is 9.59 Å². The van der Waals surface area contributed by atoms with Crippen LogP contribution in [-0.2, 0) is 9.59 Å². The molecule has 5 rings (SSSR count). The number of imide groups is 1. The van der Waals surface area contributed by atoms with Crippen LogP contribution in [0.25, 0.3) is 5.57 Å². The normalized spacial score (nSPS) is 15.8. The number of rotatable bonds is 7. The van der Waals surface area contributed by atoms with Gasteiger partial charge in [-0.1, -0.05) is 29.8 Å². The maximum absolute atomic E-state index is 13.7. The number of anilines is 3. The number of hydrogen-bond acceptors (Lipinski definition) is 5. The molecule has 2 aliphatic heterocycles. The van der Waals surface area contributed by atoms with Crippen LogP contribution in [0.1, 0.15) is 30.9 Å². The van der Waals surface area contributed by atoms with Gasteiger partial charge in [0, 0.05) is 24.5 Å². The summed E-state index contributed by atoms with van der Waals surface area (Å²) in [5, 5.41) is 3.21. The summed E-state index contributed by atoms with van der Waals surface area (Å²) >= 11 is 0. The van der Waals surface area contributed by atoms with Crippen molar-refractivity contribution in [1.82, 2.24) is 0 Å². The smallest absolute Gasteiger partial charge is 0.282 e. The minimum absolute atomic E-state index is 0.270. The van der Waals surface area contributed by atoms with Crippen LogP contribution in [0, 0.1) is 6.92 Å². The van der Waals surface area contributed by atoms with Crippen molar-refractivity contribution in [2.75, 3.05) is 34.8 Å². The van der Waals surface area contributed by atoms with Gasteiger partial charge in [0.1, 0.15) is 11.4 Å². The molecule has 1 fully saturated rings. The van der Waals surface area contributed by atoms with E-state index in [1.807, 2.05) is 86.6 Å². The first-order valence-electron chi connectivity index (χ1n) is 12.1. The molecule has 6 nitrogen and oxygen atoms in total. The second-order valence-corrected chi connectivity index (χ2v) is 8.85. The Balaban J connectivity index is 1.49. The molecule has 0 radical (unpaired) electrons. The monoisotopic (exact) mass is 467 g/mol. The molecule has 2 heterocycles. The van der Waals surface area contributed by atoms with Gasteiger partial charge in [0.25, 0.3) is 11.8 Å². The van der Waals surface area contributed by atoms with E-state index in [0.717, 1.165) is 30.1 Å². The van der Waals surface area contributed by atoms with Gasteiger partial charge < -0.3 is 15.0 Å². The zero-order valence-electron chi connectivity index (χ0n) is 20.1. The zero-order chi connectivity index (χ0) is 24.4. The largest absolute Gasteiger partial charge is 0.494 e. The van der Waals surface area contributed by atoms with Gasteiger partial charge in [-0.2, -0.15) is 0 Å². The molecule has 6 heteroatoms. The lowest BCUT2D eigenvalue weighted by Gasteiger charge is -2.20. The number of carbonyl (C=O) groups excluding carboxylic acids is 2. The van der Waals surface area contributed by atoms with E-state index in [0.29, 0.717) is 29.1 Å². The third-order valence-electron chi connectivity index (χ3n) is 6.44. The van der Waals surface area contributed by atoms with E-state index in [2.05, 4.69) is 10.2 Å². The SMILES string of the molecule is CCOc1ccc(NC2=C(c3ccc(C)cc3)C(=O)N(c3ccc(N4CCCC4)cc3)C2=O)cc1. The quantitative estimate of drug-likeness (QED) is 0.472. The van der Waals surface area contributed by atoms with Gasteiger partial charge >= 0.3 is 0 Å². The topological polar surface area (TPSA) is 61.9 Å². The molecule has 3 aromatic carbocycles. The van der Waals surface area contributed by atoms with Crippen molar-refractivity contribution in [1.29, 1.82) is 0 Å². The lowest BCUT2D eigenvalue weighted by Crippen LogP contribution is -2.32. The summed E-state index contributed by atoms with van der Waals surface area (Å²) in [4.78, 5) is 30.9. The van der Waals surface area contributed by atoms with Crippen molar-refractivity contribution in [3.05, 3.63) is 89.6 Å². The molecule has 0 atom stereocenters. The van der Waals surface area contributed by atoms with Crippen LogP contribution < -0.4 is 19.9 Å². The lowest BCUT2D eigenvalue weighted by molar-refractivity contribution is -0.120. The minimum Gasteiger partial charge on any atom is -0.494 e. The highest BCUT2D eigenvalue weighted by molar-refractivity contribution is 6.46. The first-order valence-corrected chi connectivity index (χ1v) is 12.1. The van der Waals surface area contributed by atoms with Gasteiger partial charge in [0.05, 0.1) is 17.9 Å². The molecule has 3 aromatic rings. The van der Waals surface area contributed by atoms with Crippen molar-refractivity contribution >= 4 is 34.4 Å². The Labute approximate surface area is 205 Å². The van der Waals surface area contributed by atoms with Gasteiger partial charge in [-0.05, 0) is 80.8 Å². The summed E-state index contributed by atoms with van der Waals surface area (Å²) < 4.78 is 5.52. The van der Waals surface area contributed by atoms with E-state index in [4.69, 9.17) is 4.74 Å². The van der Waals surface area contributed by atoms with E-state index >= 15 is 0 Å². The molecule has 0 unspecified atom stereocenters. The van der Waals surface area contributed by atoms with Crippen LogP contribution in [-0.4, -0.2) is 31.5 Å². The van der Waals surface area contributed by atoms with E-state index in [9.17, 15) is 9.59 Å². The maximum atomic E-state index is 13.7. The third-order valence-corrected chi connectivity index (χ3v) is 6.44. The summed E-state index contributed by atoms with van der Waals surface area (Å²) in [6.07, 6.45) is 2.38. The van der Waals surface area contributed by atoms with E-state index in [1.165, 1.54) is 17.7 Å². The molecule has 0 aliphatic carbocycles. The summed E-state index contributed by atoms with van der Waals surface area (Å²) in [5.74, 6) is 0.0499. The molecule has 0 saturated carbocycles. The first kappa shape index (κ1) is 22.7. The Bertz CT molecular complexity index is 1260. The summed E-state index contributed by atoms with van der Waals surface area (Å²) in [7, 11) is 0. The minimum atomic E-state index is -0.367. The number of carbonyl (C=O) groups is 2. The van der Waals surface area contributed by atoms with Gasteiger partial charge in [0.2, 0.25) is 0 Å². The molecule has 0 spiro atoms. The van der Waals surface area contributed by atoms with E-state index in [1.54, 1.807) is 0 Å². The van der Waals surface area contributed by atoms with Crippen LogP contribution >= 0.6 is 0 Å². The average molecular weight is 468 g/mol. The Morgan fingerprint density at radius 1 is 0.800 bits per heavy atom. The summed E-state index contributed by atoms with van der Waals surface area (Å²) in [6, 6.07) is 22.7. The highest BCUT2D eigenvalue weighted by Gasteiger charge is 2.40. The number of aryl methyl sites for hydroxylation is 1. The van der Waals surface area contributed by atoms with Gasteiger partial charge in [0.15, 0.2) is 0 Å². The molecule has 1 N–H and O–H groups in total. The van der Waals surface area contributed by atoms with Gasteiger partial charge in [-0.15, -0.1) is 0 Å². The fourth-order valence-electron chi connectivity index (χ4n) is 4.60. The fourth-order valence-corrected chi connectivity index (χ4v) is 4.60. The Morgan fingerprint density at radius 2 is 1.43 bits per heavy atom. The number of nitrogens with one attached hydrogen (secondary N) is 1. The third kappa shape index (κ3) is 4.52. The van der Waals surface area contributed by atoms with E-state index < -0.39 is 0 Å². The molecule has 0 bridgehead atoms. The number of benzene rings is 3. The van der Waals surface area contributed by atoms with Crippen molar-refractivity contribution in [2.45, 2.75) is 26.7 Å². The molecule has 0 aromatic heterocycles. The van der Waals surface area contributed by atoms with Gasteiger partial charge in [-0.25, -0.2) is 4.90 Å². The second kappa shape index (κ2) is 9.66. The molecular weight excluding hydrogens is 438 g/mol. The number of nitrogens with zero attached hydrogens (tertiary/aromatic N) is 2. The molecule has 2 amide bonds. The first-order chi connectivity index (χ1) is 17.0. The lowest BCUT2D eigenvalue weighted by atomic mass is 10.0. The predicted octanol–water partition coefficient (Wildman–Crippen LogP) is 5.39. The number of amides is 2. The van der Waals surface area contributed by atoms with Crippen LogP contribution in [0.3, 0.4) is 0 Å². The van der Waals surface area contributed by atoms with Crippen molar-refractivity contribution in [2.24, 2.45) is 0 Å². The molecule has 178 valence electrons. The fraction of sp³-hybridized carbons (Fsp3) is 0.241. The number of ether oxygens (including phenoxy) is 1. The molecule has 2 aliphatic rings. The molecule has 35 heavy (non-hydrogen) atoms. The van der Waals surface area contributed by atoms with Crippen LogP contribution in [0.15, 0.2) is 78.5 Å². The van der Waals surface area contributed by atoms with E-state index in [-0.39, 0.29) is 17.5 Å².